The van der Waals surface area contributed by atoms with Crippen LogP contribution in [0.15, 0.2) is 24.3 Å². The molecule has 0 aliphatic carbocycles. The van der Waals surface area contributed by atoms with Gasteiger partial charge in [0.1, 0.15) is 5.82 Å². The molecule has 19 heavy (non-hydrogen) atoms. The Hall–Kier alpha value is -0.890. The Kier molecular flexibility index (Phi) is 7.07. The summed E-state index contributed by atoms with van der Waals surface area (Å²) in [5, 5.41) is 3.54. The first-order chi connectivity index (χ1) is 9.02. The summed E-state index contributed by atoms with van der Waals surface area (Å²) in [6, 6.07) is 7.01. The van der Waals surface area contributed by atoms with Crippen LogP contribution in [0.2, 0.25) is 0 Å². The summed E-state index contributed by atoms with van der Waals surface area (Å²) in [4.78, 5) is 0. The van der Waals surface area contributed by atoms with Gasteiger partial charge in [0.25, 0.3) is 0 Å². The van der Waals surface area contributed by atoms with Gasteiger partial charge in [-0.15, -0.1) is 0 Å². The molecule has 0 fully saturated rings. The molecule has 0 aliphatic heterocycles. The molecule has 2 unspecified atom stereocenters. The summed E-state index contributed by atoms with van der Waals surface area (Å²) in [6.45, 7) is 11.0. The SMILES string of the molecule is CCC(C)C(CNCC(C)C)Cc1cccc(F)c1. The average molecular weight is 265 g/mol. The Bertz CT molecular complexity index is 362. The van der Waals surface area contributed by atoms with Crippen LogP contribution < -0.4 is 5.32 Å². The predicted molar refractivity (Wildman–Crippen MR) is 80.8 cm³/mol. The van der Waals surface area contributed by atoms with Crippen LogP contribution in [-0.2, 0) is 6.42 Å². The second kappa shape index (κ2) is 8.31. The molecule has 0 bridgehead atoms. The van der Waals surface area contributed by atoms with Crippen LogP contribution in [0.3, 0.4) is 0 Å². The van der Waals surface area contributed by atoms with Crippen molar-refractivity contribution in [2.24, 2.45) is 17.8 Å². The minimum atomic E-state index is -0.129. The molecule has 2 heteroatoms. The van der Waals surface area contributed by atoms with Crippen molar-refractivity contribution in [3.05, 3.63) is 35.6 Å². The Balaban J connectivity index is 2.58. The van der Waals surface area contributed by atoms with Crippen LogP contribution in [0.5, 0.6) is 0 Å². The van der Waals surface area contributed by atoms with Crippen LogP contribution in [0.25, 0.3) is 0 Å². The van der Waals surface area contributed by atoms with E-state index >= 15 is 0 Å². The first kappa shape index (κ1) is 16.2. The third-order valence-electron chi connectivity index (χ3n) is 3.79. The molecule has 1 nitrogen and oxygen atoms in total. The topological polar surface area (TPSA) is 12.0 Å². The van der Waals surface area contributed by atoms with Gasteiger partial charge < -0.3 is 5.32 Å². The molecule has 1 aromatic rings. The number of hydrogen-bond donors (Lipinski definition) is 1. The average Bonchev–Trinajstić information content (AvgIpc) is 2.36. The second-order valence-electron chi connectivity index (χ2n) is 6.03. The van der Waals surface area contributed by atoms with Crippen molar-refractivity contribution in [1.29, 1.82) is 0 Å². The van der Waals surface area contributed by atoms with E-state index in [4.69, 9.17) is 0 Å². The maximum atomic E-state index is 13.2. The summed E-state index contributed by atoms with van der Waals surface area (Å²) in [5.74, 6) is 1.77. The molecule has 1 N–H and O–H groups in total. The molecule has 0 radical (unpaired) electrons. The summed E-state index contributed by atoms with van der Waals surface area (Å²) < 4.78 is 13.2. The monoisotopic (exact) mass is 265 g/mol. The van der Waals surface area contributed by atoms with Crippen LogP contribution in [-0.4, -0.2) is 13.1 Å². The van der Waals surface area contributed by atoms with E-state index in [1.165, 1.54) is 12.5 Å². The Morgan fingerprint density at radius 2 is 1.89 bits per heavy atom. The lowest BCUT2D eigenvalue weighted by Gasteiger charge is -2.24. The molecule has 0 aliphatic rings. The first-order valence-corrected chi connectivity index (χ1v) is 7.48. The molecule has 0 spiro atoms. The molecule has 2 atom stereocenters. The van der Waals surface area contributed by atoms with Crippen molar-refractivity contribution < 1.29 is 4.39 Å². The summed E-state index contributed by atoms with van der Waals surface area (Å²) in [7, 11) is 0. The maximum Gasteiger partial charge on any atom is 0.123 e. The minimum absolute atomic E-state index is 0.129. The third-order valence-corrected chi connectivity index (χ3v) is 3.79. The van der Waals surface area contributed by atoms with Crippen molar-refractivity contribution >= 4 is 0 Å². The van der Waals surface area contributed by atoms with Gasteiger partial charge >= 0.3 is 0 Å². The van der Waals surface area contributed by atoms with Crippen LogP contribution >= 0.6 is 0 Å². The van der Waals surface area contributed by atoms with Gasteiger partial charge in [-0.2, -0.15) is 0 Å². The zero-order valence-corrected chi connectivity index (χ0v) is 12.7. The highest BCUT2D eigenvalue weighted by atomic mass is 19.1. The summed E-state index contributed by atoms with van der Waals surface area (Å²) >= 11 is 0. The number of rotatable bonds is 8. The molecule has 0 saturated heterocycles. The largest absolute Gasteiger partial charge is 0.316 e. The third kappa shape index (κ3) is 6.20. The lowest BCUT2D eigenvalue weighted by molar-refractivity contribution is 0.323. The number of halogens is 1. The fourth-order valence-electron chi connectivity index (χ4n) is 2.33. The van der Waals surface area contributed by atoms with Crippen molar-refractivity contribution in [1.82, 2.24) is 5.32 Å². The van der Waals surface area contributed by atoms with Gasteiger partial charge in [-0.3, -0.25) is 0 Å². The predicted octanol–water partition coefficient (Wildman–Crippen LogP) is 4.28. The Morgan fingerprint density at radius 3 is 2.47 bits per heavy atom. The zero-order valence-electron chi connectivity index (χ0n) is 12.7. The van der Waals surface area contributed by atoms with E-state index in [1.807, 2.05) is 6.07 Å². The molecule has 1 aromatic carbocycles. The number of benzene rings is 1. The van der Waals surface area contributed by atoms with Gasteiger partial charge in [0.05, 0.1) is 0 Å². The van der Waals surface area contributed by atoms with Crippen molar-refractivity contribution in [2.75, 3.05) is 13.1 Å². The molecule has 1 rings (SSSR count). The standard InChI is InChI=1S/C17H28FN/c1-5-14(4)16(12-19-11-13(2)3)9-15-7-6-8-17(18)10-15/h6-8,10,13-14,16,19H,5,9,11-12H2,1-4H3. The molecule has 0 saturated carbocycles. The molecule has 108 valence electrons. The van der Waals surface area contributed by atoms with E-state index in [0.717, 1.165) is 25.1 Å². The quantitative estimate of drug-likeness (QED) is 0.740. The fourth-order valence-corrected chi connectivity index (χ4v) is 2.33. The van der Waals surface area contributed by atoms with Gasteiger partial charge in [0.15, 0.2) is 0 Å². The van der Waals surface area contributed by atoms with Crippen LogP contribution in [0, 0.1) is 23.6 Å². The summed E-state index contributed by atoms with van der Waals surface area (Å²) in [5.41, 5.74) is 1.11. The van der Waals surface area contributed by atoms with Gasteiger partial charge in [-0.25, -0.2) is 4.39 Å². The van der Waals surface area contributed by atoms with Crippen LogP contribution in [0.4, 0.5) is 4.39 Å². The lowest BCUT2D eigenvalue weighted by Crippen LogP contribution is -2.31. The number of hydrogen-bond acceptors (Lipinski definition) is 1. The van der Waals surface area contributed by atoms with Crippen molar-refractivity contribution in [3.63, 3.8) is 0 Å². The van der Waals surface area contributed by atoms with E-state index in [1.54, 1.807) is 12.1 Å². The summed E-state index contributed by atoms with van der Waals surface area (Å²) in [6.07, 6.45) is 2.13. The van der Waals surface area contributed by atoms with E-state index in [-0.39, 0.29) is 5.82 Å². The molecule has 0 amide bonds. The zero-order chi connectivity index (χ0) is 14.3. The number of nitrogens with one attached hydrogen (secondary N) is 1. The minimum Gasteiger partial charge on any atom is -0.316 e. The smallest absolute Gasteiger partial charge is 0.123 e. The van der Waals surface area contributed by atoms with Gasteiger partial charge in [-0.05, 0) is 55.0 Å². The highest BCUT2D eigenvalue weighted by Gasteiger charge is 2.16. The van der Waals surface area contributed by atoms with E-state index in [0.29, 0.717) is 17.8 Å². The second-order valence-corrected chi connectivity index (χ2v) is 6.03. The Morgan fingerprint density at radius 1 is 1.16 bits per heavy atom. The maximum absolute atomic E-state index is 13.2. The Labute approximate surface area is 117 Å². The van der Waals surface area contributed by atoms with E-state index in [9.17, 15) is 4.39 Å². The first-order valence-electron chi connectivity index (χ1n) is 7.48. The van der Waals surface area contributed by atoms with Gasteiger partial charge in [-0.1, -0.05) is 46.2 Å². The molecular formula is C17H28FN. The van der Waals surface area contributed by atoms with Gasteiger partial charge in [0, 0.05) is 0 Å². The van der Waals surface area contributed by atoms with Crippen molar-refractivity contribution in [3.8, 4) is 0 Å². The van der Waals surface area contributed by atoms with Crippen LogP contribution in [0.1, 0.15) is 39.7 Å². The molecule has 0 heterocycles. The van der Waals surface area contributed by atoms with Gasteiger partial charge in [0.2, 0.25) is 0 Å². The highest BCUT2D eigenvalue weighted by Crippen LogP contribution is 2.20. The van der Waals surface area contributed by atoms with E-state index in [2.05, 4.69) is 33.0 Å². The fraction of sp³-hybridized carbons (Fsp3) is 0.647. The lowest BCUT2D eigenvalue weighted by atomic mass is 9.86. The molecule has 0 aromatic heterocycles. The normalized spacial score (nSPS) is 14.6. The molecular weight excluding hydrogens is 237 g/mol. The highest BCUT2D eigenvalue weighted by molar-refractivity contribution is 5.17. The van der Waals surface area contributed by atoms with E-state index < -0.39 is 0 Å². The van der Waals surface area contributed by atoms with Crippen molar-refractivity contribution in [2.45, 2.75) is 40.5 Å².